The van der Waals surface area contributed by atoms with Crippen LogP contribution in [0.3, 0.4) is 0 Å². The highest BCUT2D eigenvalue weighted by molar-refractivity contribution is 6.00. The SMILES string of the molecule is C#Cc1cc2c(c(C(F)(F)F)c1)C(=O)N([C@@H](C)C1CC1)C2. The van der Waals surface area contributed by atoms with E-state index in [9.17, 15) is 18.0 Å². The smallest absolute Gasteiger partial charge is 0.331 e. The second kappa shape index (κ2) is 4.52. The summed E-state index contributed by atoms with van der Waals surface area (Å²) in [6.07, 6.45) is 2.71. The molecule has 2 nitrogen and oxygen atoms in total. The molecule has 0 unspecified atom stereocenters. The predicted octanol–water partition coefficient (Wildman–Crippen LogP) is 3.44. The van der Waals surface area contributed by atoms with Gasteiger partial charge in [-0.25, -0.2) is 0 Å². The van der Waals surface area contributed by atoms with Gasteiger partial charge in [-0.2, -0.15) is 13.2 Å². The van der Waals surface area contributed by atoms with Crippen molar-refractivity contribution in [3.05, 3.63) is 34.4 Å². The molecule has 1 aliphatic carbocycles. The third kappa shape index (κ3) is 2.29. The van der Waals surface area contributed by atoms with Crippen LogP contribution in [0.2, 0.25) is 0 Å². The summed E-state index contributed by atoms with van der Waals surface area (Å²) in [5, 5.41) is 0. The molecule has 1 amide bonds. The van der Waals surface area contributed by atoms with Crippen molar-refractivity contribution in [2.75, 3.05) is 0 Å². The van der Waals surface area contributed by atoms with Crippen LogP contribution in [0.5, 0.6) is 0 Å². The monoisotopic (exact) mass is 293 g/mol. The average molecular weight is 293 g/mol. The molecule has 1 fully saturated rings. The highest BCUT2D eigenvalue weighted by atomic mass is 19.4. The van der Waals surface area contributed by atoms with Crippen molar-refractivity contribution in [1.29, 1.82) is 0 Å². The Kier molecular flexibility index (Phi) is 3.01. The number of carbonyl (C=O) groups is 1. The molecule has 0 saturated heterocycles. The largest absolute Gasteiger partial charge is 0.417 e. The molecule has 5 heteroatoms. The third-order valence-corrected chi connectivity index (χ3v) is 4.30. The van der Waals surface area contributed by atoms with E-state index in [4.69, 9.17) is 6.42 Å². The van der Waals surface area contributed by atoms with Gasteiger partial charge in [0, 0.05) is 18.2 Å². The molecule has 0 N–H and O–H groups in total. The van der Waals surface area contributed by atoms with E-state index in [1.165, 1.54) is 11.0 Å². The van der Waals surface area contributed by atoms with Gasteiger partial charge in [-0.3, -0.25) is 4.79 Å². The number of terminal acetylenes is 1. The van der Waals surface area contributed by atoms with E-state index >= 15 is 0 Å². The number of amides is 1. The van der Waals surface area contributed by atoms with E-state index in [1.54, 1.807) is 0 Å². The first-order valence-electron chi connectivity index (χ1n) is 6.84. The van der Waals surface area contributed by atoms with Crippen molar-refractivity contribution in [3.63, 3.8) is 0 Å². The van der Waals surface area contributed by atoms with Crippen molar-refractivity contribution in [2.45, 2.75) is 38.5 Å². The summed E-state index contributed by atoms with van der Waals surface area (Å²) in [6.45, 7) is 2.11. The fourth-order valence-corrected chi connectivity index (χ4v) is 2.95. The maximum Gasteiger partial charge on any atom is 0.417 e. The highest BCUT2D eigenvalue weighted by Gasteiger charge is 2.44. The predicted molar refractivity (Wildman–Crippen MR) is 71.4 cm³/mol. The van der Waals surface area contributed by atoms with Gasteiger partial charge in [-0.1, -0.05) is 5.92 Å². The van der Waals surface area contributed by atoms with E-state index in [0.29, 0.717) is 11.5 Å². The van der Waals surface area contributed by atoms with Crippen LogP contribution in [-0.4, -0.2) is 16.8 Å². The molecule has 1 aliphatic heterocycles. The normalized spacial score (nSPS) is 19.4. The van der Waals surface area contributed by atoms with Gasteiger partial charge in [0.05, 0.1) is 11.1 Å². The topological polar surface area (TPSA) is 20.3 Å². The number of benzene rings is 1. The van der Waals surface area contributed by atoms with Gasteiger partial charge < -0.3 is 4.90 Å². The zero-order valence-electron chi connectivity index (χ0n) is 11.5. The Labute approximate surface area is 120 Å². The second-order valence-corrected chi connectivity index (χ2v) is 5.71. The van der Waals surface area contributed by atoms with Gasteiger partial charge in [0.1, 0.15) is 0 Å². The first-order valence-corrected chi connectivity index (χ1v) is 6.84. The van der Waals surface area contributed by atoms with Gasteiger partial charge in [-0.15, -0.1) is 6.42 Å². The quantitative estimate of drug-likeness (QED) is 0.765. The lowest BCUT2D eigenvalue weighted by Gasteiger charge is -2.24. The molecular weight excluding hydrogens is 279 g/mol. The number of carbonyl (C=O) groups excluding carboxylic acids is 1. The third-order valence-electron chi connectivity index (χ3n) is 4.30. The summed E-state index contributed by atoms with van der Waals surface area (Å²) in [5.41, 5.74) is -0.595. The van der Waals surface area contributed by atoms with Crippen LogP contribution in [-0.2, 0) is 12.7 Å². The molecule has 1 aromatic rings. The summed E-state index contributed by atoms with van der Waals surface area (Å²) < 4.78 is 39.6. The summed E-state index contributed by atoms with van der Waals surface area (Å²) in [4.78, 5) is 14.0. The summed E-state index contributed by atoms with van der Waals surface area (Å²) >= 11 is 0. The van der Waals surface area contributed by atoms with Crippen LogP contribution in [0.15, 0.2) is 12.1 Å². The fraction of sp³-hybridized carbons (Fsp3) is 0.438. The van der Waals surface area contributed by atoms with Gasteiger partial charge in [0.25, 0.3) is 5.91 Å². The lowest BCUT2D eigenvalue weighted by Crippen LogP contribution is -2.35. The van der Waals surface area contributed by atoms with Gasteiger partial charge in [0.15, 0.2) is 0 Å². The molecule has 1 aromatic carbocycles. The summed E-state index contributed by atoms with van der Waals surface area (Å²) in [6, 6.07) is 2.38. The Morgan fingerprint density at radius 2 is 2.05 bits per heavy atom. The highest BCUT2D eigenvalue weighted by Crippen LogP contribution is 2.42. The zero-order valence-corrected chi connectivity index (χ0v) is 11.5. The first-order chi connectivity index (χ1) is 9.82. The Bertz CT molecular complexity index is 653. The number of fused-ring (bicyclic) bond motifs is 1. The Hall–Kier alpha value is -1.96. The maximum absolute atomic E-state index is 13.2. The van der Waals surface area contributed by atoms with Crippen molar-refractivity contribution in [1.82, 2.24) is 4.90 Å². The Morgan fingerprint density at radius 3 is 2.57 bits per heavy atom. The molecule has 0 radical (unpaired) electrons. The van der Waals surface area contributed by atoms with E-state index < -0.39 is 17.6 Å². The van der Waals surface area contributed by atoms with Crippen LogP contribution >= 0.6 is 0 Å². The second-order valence-electron chi connectivity index (χ2n) is 5.71. The fourth-order valence-electron chi connectivity index (χ4n) is 2.95. The van der Waals surface area contributed by atoms with Crippen LogP contribution < -0.4 is 0 Å². The molecule has 0 bridgehead atoms. The van der Waals surface area contributed by atoms with Crippen LogP contribution in [0, 0.1) is 18.3 Å². The van der Waals surface area contributed by atoms with E-state index in [1.807, 2.05) is 6.92 Å². The van der Waals surface area contributed by atoms with Crippen molar-refractivity contribution < 1.29 is 18.0 Å². The minimum Gasteiger partial charge on any atom is -0.331 e. The van der Waals surface area contributed by atoms with Crippen molar-refractivity contribution >= 4 is 5.91 Å². The molecule has 2 aliphatic rings. The summed E-state index contributed by atoms with van der Waals surface area (Å²) in [5.74, 6) is 2.11. The average Bonchev–Trinajstić information content (AvgIpc) is 3.21. The number of alkyl halides is 3. The Balaban J connectivity index is 2.07. The molecule has 110 valence electrons. The Morgan fingerprint density at radius 1 is 1.38 bits per heavy atom. The standard InChI is InChI=1S/C16H14F3NO/c1-3-10-6-12-8-20(9(2)11-4-5-11)15(21)14(12)13(7-10)16(17,18)19/h1,6-7,9,11H,4-5,8H2,2H3/t9-/m0/s1. The molecule has 1 saturated carbocycles. The van der Waals surface area contributed by atoms with Crippen molar-refractivity contribution in [3.8, 4) is 12.3 Å². The minimum atomic E-state index is -4.58. The number of hydrogen-bond donors (Lipinski definition) is 0. The number of rotatable bonds is 2. The van der Waals surface area contributed by atoms with E-state index in [2.05, 4.69) is 5.92 Å². The van der Waals surface area contributed by atoms with Crippen LogP contribution in [0.4, 0.5) is 13.2 Å². The zero-order chi connectivity index (χ0) is 15.4. The lowest BCUT2D eigenvalue weighted by atomic mass is 9.99. The summed E-state index contributed by atoms with van der Waals surface area (Å²) in [7, 11) is 0. The molecule has 21 heavy (non-hydrogen) atoms. The minimum absolute atomic E-state index is 0.0275. The van der Waals surface area contributed by atoms with Crippen LogP contribution in [0.25, 0.3) is 0 Å². The molecule has 0 aromatic heterocycles. The number of hydrogen-bond acceptors (Lipinski definition) is 1. The van der Waals surface area contributed by atoms with E-state index in [-0.39, 0.29) is 23.7 Å². The van der Waals surface area contributed by atoms with E-state index in [0.717, 1.165) is 18.9 Å². The molecule has 1 atom stereocenters. The lowest BCUT2D eigenvalue weighted by molar-refractivity contribution is -0.138. The van der Waals surface area contributed by atoms with Gasteiger partial charge in [-0.05, 0) is 43.4 Å². The molecule has 1 heterocycles. The van der Waals surface area contributed by atoms with Gasteiger partial charge in [0.2, 0.25) is 0 Å². The maximum atomic E-state index is 13.2. The molecule has 3 rings (SSSR count). The van der Waals surface area contributed by atoms with Crippen molar-refractivity contribution in [2.24, 2.45) is 5.92 Å². The van der Waals surface area contributed by atoms with Crippen LogP contribution in [0.1, 0.15) is 46.8 Å². The molecule has 0 spiro atoms. The number of halogens is 3. The van der Waals surface area contributed by atoms with Gasteiger partial charge >= 0.3 is 6.18 Å². The number of nitrogens with zero attached hydrogens (tertiary/aromatic N) is 1. The molecular formula is C16H14F3NO. The first kappa shape index (κ1) is 14.0.